The van der Waals surface area contributed by atoms with Gasteiger partial charge >= 0.3 is 0 Å². The van der Waals surface area contributed by atoms with E-state index in [1.54, 1.807) is 16.9 Å². The van der Waals surface area contributed by atoms with Crippen LogP contribution >= 0.6 is 0 Å². The smallest absolute Gasteiger partial charge is 0.256 e. The molecule has 5 heterocycles. The zero-order chi connectivity index (χ0) is 27.3. The molecule has 6 rings (SSSR count). The Morgan fingerprint density at radius 2 is 1.90 bits per heavy atom. The first kappa shape index (κ1) is 25.2. The summed E-state index contributed by atoms with van der Waals surface area (Å²) in [6.07, 6.45) is 11.6. The van der Waals surface area contributed by atoms with E-state index in [2.05, 4.69) is 55.1 Å². The Balaban J connectivity index is 1.31. The number of rotatable bonds is 9. The summed E-state index contributed by atoms with van der Waals surface area (Å²) in [6.45, 7) is 6.72. The molecule has 13 heteroatoms. The Morgan fingerprint density at radius 3 is 2.64 bits per heavy atom. The van der Waals surface area contributed by atoms with Crippen molar-refractivity contribution in [1.82, 2.24) is 38.5 Å². The van der Waals surface area contributed by atoms with Gasteiger partial charge in [-0.05, 0) is 39.7 Å². The Kier molecular flexibility index (Phi) is 6.19. The van der Waals surface area contributed by atoms with Crippen LogP contribution in [0.4, 0.5) is 11.6 Å². The first-order chi connectivity index (χ1) is 18.8. The van der Waals surface area contributed by atoms with E-state index in [4.69, 9.17) is 0 Å². The molecule has 202 valence electrons. The summed E-state index contributed by atoms with van der Waals surface area (Å²) >= 11 is 0. The highest BCUT2D eigenvalue weighted by Gasteiger charge is 2.37. The monoisotopic (exact) mass is 547 g/mol. The molecular weight excluding hydrogens is 518 g/mol. The van der Waals surface area contributed by atoms with Gasteiger partial charge in [0.05, 0.1) is 48.1 Å². The second kappa shape index (κ2) is 9.58. The molecule has 0 aliphatic heterocycles. The SMILES string of the molecule is Cc1c(-c2cn(C(C)C)c3cc(Nc4ccnc(-c5cnn(S(=O)(=O)C6CC6)c5)n4)ncc23)cnn1CCO. The van der Waals surface area contributed by atoms with Gasteiger partial charge in [-0.2, -0.15) is 14.3 Å². The van der Waals surface area contributed by atoms with Gasteiger partial charge in [0, 0.05) is 52.9 Å². The number of fused-ring (bicyclic) bond motifs is 1. The van der Waals surface area contributed by atoms with E-state index >= 15 is 0 Å². The third-order valence-electron chi connectivity index (χ3n) is 6.92. The minimum Gasteiger partial charge on any atom is -0.394 e. The molecule has 1 aliphatic carbocycles. The van der Waals surface area contributed by atoms with Gasteiger partial charge < -0.3 is 15.0 Å². The second-order valence-corrected chi connectivity index (χ2v) is 12.0. The predicted molar refractivity (Wildman–Crippen MR) is 147 cm³/mol. The fourth-order valence-electron chi connectivity index (χ4n) is 4.66. The summed E-state index contributed by atoms with van der Waals surface area (Å²) in [5, 5.41) is 21.7. The standard InChI is InChI=1S/C26H29N9O3S/c1-16(2)33-15-22(20-13-29-34(8-9-36)17(20)3)21-12-28-25(10-23(21)33)31-24-6-7-27-26(32-24)18-11-30-35(14-18)39(37,38)19-4-5-19/h6-7,10-16,19,36H,4-5,8-9H2,1-3H3,(H,27,28,31,32). The Labute approximate surface area is 225 Å². The molecule has 1 aliphatic rings. The summed E-state index contributed by atoms with van der Waals surface area (Å²) in [7, 11) is -3.46. The molecule has 0 bridgehead atoms. The molecule has 5 aromatic rings. The van der Waals surface area contributed by atoms with Crippen molar-refractivity contribution in [2.45, 2.75) is 51.4 Å². The maximum Gasteiger partial charge on any atom is 0.256 e. The van der Waals surface area contributed by atoms with Crippen LogP contribution in [-0.2, 0) is 16.6 Å². The molecular formula is C26H29N9O3S. The summed E-state index contributed by atoms with van der Waals surface area (Å²) < 4.78 is 30.0. The Morgan fingerprint density at radius 1 is 1.08 bits per heavy atom. The van der Waals surface area contributed by atoms with Gasteiger partial charge in [0.2, 0.25) is 0 Å². The quantitative estimate of drug-likeness (QED) is 0.283. The fraction of sp³-hybridized carbons (Fsp3) is 0.346. The number of aliphatic hydroxyl groups excluding tert-OH is 1. The number of pyridine rings is 1. The largest absolute Gasteiger partial charge is 0.394 e. The van der Waals surface area contributed by atoms with Crippen molar-refractivity contribution in [3.05, 3.63) is 55.0 Å². The summed E-state index contributed by atoms with van der Waals surface area (Å²) in [5.41, 5.74) is 4.53. The first-order valence-electron chi connectivity index (χ1n) is 12.8. The topological polar surface area (TPSA) is 146 Å². The Bertz CT molecular complexity index is 1780. The maximum absolute atomic E-state index is 12.5. The molecule has 0 saturated heterocycles. The highest BCUT2D eigenvalue weighted by molar-refractivity contribution is 7.90. The normalized spacial score (nSPS) is 14.0. The molecule has 0 amide bonds. The van der Waals surface area contributed by atoms with Crippen molar-refractivity contribution >= 4 is 32.6 Å². The summed E-state index contributed by atoms with van der Waals surface area (Å²) in [6, 6.07) is 3.92. The van der Waals surface area contributed by atoms with Crippen molar-refractivity contribution in [2.75, 3.05) is 11.9 Å². The van der Waals surface area contributed by atoms with Crippen LogP contribution in [-0.4, -0.2) is 63.9 Å². The summed E-state index contributed by atoms with van der Waals surface area (Å²) in [5.74, 6) is 1.49. The van der Waals surface area contributed by atoms with Gasteiger partial charge in [0.25, 0.3) is 10.0 Å². The van der Waals surface area contributed by atoms with Crippen molar-refractivity contribution in [3.8, 4) is 22.5 Å². The van der Waals surface area contributed by atoms with E-state index in [0.717, 1.165) is 31.8 Å². The van der Waals surface area contributed by atoms with Crippen LogP contribution in [0.2, 0.25) is 0 Å². The van der Waals surface area contributed by atoms with Gasteiger partial charge in [-0.1, -0.05) is 0 Å². The molecule has 0 unspecified atom stereocenters. The zero-order valence-electron chi connectivity index (χ0n) is 21.9. The molecule has 1 fully saturated rings. The van der Waals surface area contributed by atoms with E-state index in [1.165, 1.54) is 12.4 Å². The second-order valence-electron chi connectivity index (χ2n) is 9.96. The highest BCUT2D eigenvalue weighted by Crippen LogP contribution is 2.35. The molecule has 0 spiro atoms. The fourth-order valence-corrected chi connectivity index (χ4v) is 6.14. The molecule has 0 atom stereocenters. The number of nitrogens with zero attached hydrogens (tertiary/aromatic N) is 8. The number of anilines is 2. The third kappa shape index (κ3) is 4.57. The van der Waals surface area contributed by atoms with Gasteiger partial charge in [-0.3, -0.25) is 4.68 Å². The third-order valence-corrected chi connectivity index (χ3v) is 8.95. The van der Waals surface area contributed by atoms with Crippen LogP contribution in [0.15, 0.2) is 49.3 Å². The maximum atomic E-state index is 12.5. The lowest BCUT2D eigenvalue weighted by atomic mass is 10.1. The minimum absolute atomic E-state index is 0.0267. The van der Waals surface area contributed by atoms with Crippen LogP contribution in [0, 0.1) is 6.92 Å². The van der Waals surface area contributed by atoms with E-state index in [1.807, 2.05) is 25.4 Å². The molecule has 0 aromatic carbocycles. The Hall–Kier alpha value is -4.10. The molecule has 0 radical (unpaired) electrons. The van der Waals surface area contributed by atoms with E-state index in [-0.39, 0.29) is 17.9 Å². The minimum atomic E-state index is -3.46. The van der Waals surface area contributed by atoms with Gasteiger partial charge in [-0.25, -0.2) is 23.4 Å². The molecule has 5 aromatic heterocycles. The van der Waals surface area contributed by atoms with Crippen LogP contribution in [0.25, 0.3) is 33.4 Å². The lowest BCUT2D eigenvalue weighted by Crippen LogP contribution is -2.17. The van der Waals surface area contributed by atoms with Crippen LogP contribution < -0.4 is 5.32 Å². The van der Waals surface area contributed by atoms with Crippen molar-refractivity contribution in [2.24, 2.45) is 0 Å². The average Bonchev–Trinajstić information content (AvgIpc) is 3.39. The number of hydrogen-bond acceptors (Lipinski definition) is 9. The van der Waals surface area contributed by atoms with Gasteiger partial charge in [0.1, 0.15) is 11.6 Å². The molecule has 39 heavy (non-hydrogen) atoms. The van der Waals surface area contributed by atoms with E-state index in [0.29, 0.717) is 42.4 Å². The van der Waals surface area contributed by atoms with E-state index in [9.17, 15) is 13.5 Å². The van der Waals surface area contributed by atoms with Crippen LogP contribution in [0.3, 0.4) is 0 Å². The highest BCUT2D eigenvalue weighted by atomic mass is 32.2. The van der Waals surface area contributed by atoms with E-state index < -0.39 is 10.0 Å². The number of aliphatic hydroxyl groups is 1. The lowest BCUT2D eigenvalue weighted by Gasteiger charge is -2.10. The molecule has 12 nitrogen and oxygen atoms in total. The van der Waals surface area contributed by atoms with Gasteiger partial charge in [-0.15, -0.1) is 0 Å². The van der Waals surface area contributed by atoms with Crippen LogP contribution in [0.5, 0.6) is 0 Å². The number of aromatic nitrogens is 8. The van der Waals surface area contributed by atoms with Crippen molar-refractivity contribution in [3.63, 3.8) is 0 Å². The zero-order valence-corrected chi connectivity index (χ0v) is 22.7. The number of hydrogen-bond donors (Lipinski definition) is 2. The van der Waals surface area contributed by atoms with Gasteiger partial charge in [0.15, 0.2) is 5.82 Å². The molecule has 1 saturated carbocycles. The molecule has 2 N–H and O–H groups in total. The first-order valence-corrected chi connectivity index (χ1v) is 14.3. The predicted octanol–water partition coefficient (Wildman–Crippen LogP) is 3.52. The van der Waals surface area contributed by atoms with Crippen molar-refractivity contribution < 1.29 is 13.5 Å². The summed E-state index contributed by atoms with van der Waals surface area (Å²) in [4.78, 5) is 13.5. The van der Waals surface area contributed by atoms with Crippen LogP contribution in [0.1, 0.15) is 38.4 Å². The number of nitrogens with one attached hydrogen (secondary N) is 1. The average molecular weight is 548 g/mol. The van der Waals surface area contributed by atoms with Crippen molar-refractivity contribution in [1.29, 1.82) is 0 Å². The lowest BCUT2D eigenvalue weighted by molar-refractivity contribution is 0.268.